The van der Waals surface area contributed by atoms with E-state index in [4.69, 9.17) is 0 Å². The van der Waals surface area contributed by atoms with Crippen molar-refractivity contribution in [2.24, 2.45) is 0 Å². The summed E-state index contributed by atoms with van der Waals surface area (Å²) in [6.07, 6.45) is 3.40. The van der Waals surface area contributed by atoms with Gasteiger partial charge in [-0.15, -0.1) is 0 Å². The van der Waals surface area contributed by atoms with Crippen LogP contribution in [-0.2, 0) is 11.2 Å². The number of aromatic nitrogens is 1. The Kier molecular flexibility index (Phi) is 5.47. The van der Waals surface area contributed by atoms with Gasteiger partial charge in [-0.05, 0) is 71.9 Å². The van der Waals surface area contributed by atoms with Crippen molar-refractivity contribution in [3.63, 3.8) is 0 Å². The monoisotopic (exact) mass is 480 g/mol. The third-order valence-electron chi connectivity index (χ3n) is 6.07. The number of hydrogen-bond acceptors (Lipinski definition) is 5. The van der Waals surface area contributed by atoms with E-state index in [0.29, 0.717) is 30.5 Å². The van der Waals surface area contributed by atoms with Crippen molar-refractivity contribution in [1.29, 1.82) is 0 Å². The number of rotatable bonds is 5. The van der Waals surface area contributed by atoms with Crippen LogP contribution >= 0.6 is 15.9 Å². The molecule has 2 aromatic rings. The molecule has 158 valence electrons. The van der Waals surface area contributed by atoms with Gasteiger partial charge >= 0.3 is 0 Å². The smallest absolute Gasteiger partial charge is 0.262 e. The van der Waals surface area contributed by atoms with E-state index in [-0.39, 0.29) is 30.0 Å². The fraction of sp³-hybridized carbons (Fsp3) is 0.292. The molecule has 1 aromatic heterocycles. The number of hydrogen-bond donors (Lipinski definition) is 0. The van der Waals surface area contributed by atoms with Crippen LogP contribution in [0.3, 0.4) is 0 Å². The normalized spacial score (nSPS) is 20.9. The summed E-state index contributed by atoms with van der Waals surface area (Å²) in [7, 11) is 0. The molecule has 1 aliphatic heterocycles. The molecule has 2 amide bonds. The molecule has 4 rings (SSSR count). The maximum Gasteiger partial charge on any atom is 0.262 e. The van der Waals surface area contributed by atoms with Gasteiger partial charge in [0.05, 0.1) is 11.1 Å². The largest absolute Gasteiger partial charge is 0.297 e. The number of nitrogens with zero attached hydrogens (tertiary/aromatic N) is 2. The van der Waals surface area contributed by atoms with Crippen LogP contribution in [0.1, 0.15) is 69.4 Å². The van der Waals surface area contributed by atoms with E-state index in [1.165, 1.54) is 0 Å². The first-order valence-corrected chi connectivity index (χ1v) is 10.9. The van der Waals surface area contributed by atoms with Crippen LogP contribution in [0.25, 0.3) is 0 Å². The number of aryl methyl sites for hydroxylation is 1. The average Bonchev–Trinajstić information content (AvgIpc) is 3.00. The minimum Gasteiger partial charge on any atom is -0.297 e. The first kappa shape index (κ1) is 21.3. The quantitative estimate of drug-likeness (QED) is 0.361. The highest BCUT2D eigenvalue weighted by Crippen LogP contribution is 2.38. The second kappa shape index (κ2) is 7.96. The van der Waals surface area contributed by atoms with Crippen LogP contribution in [0.2, 0.25) is 0 Å². The van der Waals surface area contributed by atoms with E-state index in [0.717, 1.165) is 20.5 Å². The second-order valence-electron chi connectivity index (χ2n) is 8.23. The summed E-state index contributed by atoms with van der Waals surface area (Å²) < 4.78 is 0.796. The summed E-state index contributed by atoms with van der Waals surface area (Å²) in [4.78, 5) is 56.4. The van der Waals surface area contributed by atoms with Crippen LogP contribution in [0.5, 0.6) is 0 Å². The van der Waals surface area contributed by atoms with E-state index >= 15 is 0 Å². The van der Waals surface area contributed by atoms with E-state index in [1.807, 2.05) is 0 Å². The summed E-state index contributed by atoms with van der Waals surface area (Å²) in [6.45, 7) is 5.52. The van der Waals surface area contributed by atoms with E-state index in [2.05, 4.69) is 27.5 Å². The molecule has 1 aromatic carbocycles. The summed E-state index contributed by atoms with van der Waals surface area (Å²) in [5, 5.41) is 0. The molecule has 1 fully saturated rings. The highest BCUT2D eigenvalue weighted by atomic mass is 79.9. The van der Waals surface area contributed by atoms with Gasteiger partial charge in [-0.1, -0.05) is 18.2 Å². The molecule has 1 atom stereocenters. The molecule has 1 aliphatic carbocycles. The molecular formula is C24H21BrN2O4. The lowest BCUT2D eigenvalue weighted by Crippen LogP contribution is -2.56. The Morgan fingerprint density at radius 1 is 1.16 bits per heavy atom. The van der Waals surface area contributed by atoms with Gasteiger partial charge in [-0.2, -0.15) is 0 Å². The van der Waals surface area contributed by atoms with Gasteiger partial charge in [-0.25, -0.2) is 0 Å². The number of Topliss-reactive ketones (excluding diaryl/α,β-unsaturated/α-hetero) is 2. The number of ketones is 2. The zero-order valence-corrected chi connectivity index (χ0v) is 18.7. The Morgan fingerprint density at radius 3 is 2.58 bits per heavy atom. The van der Waals surface area contributed by atoms with Crippen molar-refractivity contribution >= 4 is 39.3 Å². The first-order valence-electron chi connectivity index (χ1n) is 10.1. The standard InChI is InChI=1S/C24H21BrN2O4/c1-14-9-10-24(2,21(29)11-14)27-22(30)17-6-3-15(12-18(17)23(27)31)4-8-20(28)19-7-5-16(25)13-26-19/h3,5-7,12-13H,1,4,8-11H2,2H3/t24-/m0/s1. The molecule has 0 N–H and O–H groups in total. The van der Waals surface area contributed by atoms with Crippen LogP contribution in [0.4, 0.5) is 0 Å². The van der Waals surface area contributed by atoms with E-state index in [1.54, 1.807) is 43.5 Å². The third-order valence-corrected chi connectivity index (χ3v) is 6.54. The lowest BCUT2D eigenvalue weighted by Gasteiger charge is -2.39. The molecule has 0 radical (unpaired) electrons. The van der Waals surface area contributed by atoms with Crippen molar-refractivity contribution in [3.05, 3.63) is 75.5 Å². The Balaban J connectivity index is 1.53. The number of pyridine rings is 1. The molecule has 2 aliphatic rings. The zero-order chi connectivity index (χ0) is 22.3. The summed E-state index contributed by atoms with van der Waals surface area (Å²) in [5.74, 6) is -1.15. The van der Waals surface area contributed by atoms with Crippen LogP contribution in [0, 0.1) is 0 Å². The number of carbonyl (C=O) groups is 4. The topological polar surface area (TPSA) is 84.4 Å². The number of imide groups is 1. The summed E-state index contributed by atoms with van der Waals surface area (Å²) in [5.41, 5.74) is 1.42. The van der Waals surface area contributed by atoms with Gasteiger partial charge in [0.25, 0.3) is 11.8 Å². The van der Waals surface area contributed by atoms with E-state index < -0.39 is 17.4 Å². The Bertz CT molecular complexity index is 1140. The molecule has 6 nitrogen and oxygen atoms in total. The molecule has 31 heavy (non-hydrogen) atoms. The number of halogens is 1. The predicted octanol–water partition coefficient (Wildman–Crippen LogP) is 4.32. The van der Waals surface area contributed by atoms with Crippen LogP contribution in [-0.4, -0.2) is 38.8 Å². The summed E-state index contributed by atoms with van der Waals surface area (Å²) in [6, 6.07) is 8.45. The fourth-order valence-electron chi connectivity index (χ4n) is 4.12. The SMILES string of the molecule is C=C1CC[C@](C)(N2C(=O)c3ccc(CCC(=O)c4ccc(Br)cn4)cc3C2=O)C(=O)C1. The molecule has 0 unspecified atom stereocenters. The van der Waals surface area contributed by atoms with E-state index in [9.17, 15) is 19.2 Å². The number of carbonyl (C=O) groups excluding carboxylic acids is 4. The fourth-order valence-corrected chi connectivity index (χ4v) is 4.35. The van der Waals surface area contributed by atoms with Gasteiger partial charge in [-0.3, -0.25) is 29.1 Å². The molecule has 0 saturated heterocycles. The first-order chi connectivity index (χ1) is 14.7. The molecule has 0 bridgehead atoms. The minimum atomic E-state index is -1.16. The lowest BCUT2D eigenvalue weighted by atomic mass is 9.78. The average molecular weight is 481 g/mol. The maximum absolute atomic E-state index is 13.1. The van der Waals surface area contributed by atoms with Gasteiger partial charge in [0.2, 0.25) is 0 Å². The Labute approximate surface area is 188 Å². The maximum atomic E-state index is 13.1. The van der Waals surface area contributed by atoms with Crippen molar-refractivity contribution in [3.8, 4) is 0 Å². The molecule has 0 spiro atoms. The predicted molar refractivity (Wildman–Crippen MR) is 118 cm³/mol. The van der Waals surface area contributed by atoms with Crippen molar-refractivity contribution < 1.29 is 19.2 Å². The van der Waals surface area contributed by atoms with Crippen LogP contribution in [0.15, 0.2) is 53.2 Å². The van der Waals surface area contributed by atoms with Gasteiger partial charge in [0, 0.05) is 23.5 Å². The van der Waals surface area contributed by atoms with Crippen molar-refractivity contribution in [1.82, 2.24) is 9.88 Å². The third kappa shape index (κ3) is 3.78. The number of amides is 2. The van der Waals surface area contributed by atoms with Crippen molar-refractivity contribution in [2.75, 3.05) is 0 Å². The number of allylic oxidation sites excluding steroid dienone is 1. The highest BCUT2D eigenvalue weighted by Gasteiger charge is 2.51. The highest BCUT2D eigenvalue weighted by molar-refractivity contribution is 9.10. The number of fused-ring (bicyclic) bond motifs is 1. The second-order valence-corrected chi connectivity index (χ2v) is 9.15. The molecule has 2 heterocycles. The van der Waals surface area contributed by atoms with Gasteiger partial charge in [0.1, 0.15) is 11.2 Å². The zero-order valence-electron chi connectivity index (χ0n) is 17.1. The van der Waals surface area contributed by atoms with Gasteiger partial charge < -0.3 is 0 Å². The lowest BCUT2D eigenvalue weighted by molar-refractivity contribution is -0.128. The van der Waals surface area contributed by atoms with Crippen molar-refractivity contribution in [2.45, 2.75) is 44.6 Å². The van der Waals surface area contributed by atoms with Crippen LogP contribution < -0.4 is 0 Å². The Hall–Kier alpha value is -2.93. The molecule has 1 saturated carbocycles. The summed E-state index contributed by atoms with van der Waals surface area (Å²) >= 11 is 3.29. The number of benzene rings is 1. The Morgan fingerprint density at radius 2 is 1.90 bits per heavy atom. The molecule has 7 heteroatoms. The van der Waals surface area contributed by atoms with Gasteiger partial charge in [0.15, 0.2) is 11.6 Å². The minimum absolute atomic E-state index is 0.0995. The molecular weight excluding hydrogens is 460 g/mol.